The van der Waals surface area contributed by atoms with Crippen LogP contribution in [0.15, 0.2) is 82.5 Å². The van der Waals surface area contributed by atoms with Gasteiger partial charge in [0.2, 0.25) is 12.3 Å². The minimum atomic E-state index is -6.20. The van der Waals surface area contributed by atoms with Crippen LogP contribution in [0.5, 0.6) is 0 Å². The highest BCUT2D eigenvalue weighted by atomic mass is 32.7. The summed E-state index contributed by atoms with van der Waals surface area (Å²) in [6.07, 6.45) is -6.35. The average Bonchev–Trinajstić information content (AvgIpc) is 3.68. The van der Waals surface area contributed by atoms with Gasteiger partial charge in [0.15, 0.2) is 0 Å². The number of amides is 2. The van der Waals surface area contributed by atoms with Crippen molar-refractivity contribution < 1.29 is 84.2 Å². The number of hydrogen-bond donors (Lipinski definition) is 8. The fourth-order valence-corrected chi connectivity index (χ4v) is 13.8. The Kier molecular flexibility index (Phi) is 14.3. The molecule has 8 N–H and O–H groups in total. The van der Waals surface area contributed by atoms with Gasteiger partial charge >= 0.3 is 48.1 Å². The zero-order chi connectivity index (χ0) is 41.6. The summed E-state index contributed by atoms with van der Waals surface area (Å²) in [4.78, 5) is 93.2. The van der Waals surface area contributed by atoms with Crippen LogP contribution in [-0.4, -0.2) is 76.3 Å². The number of nitrogens with zero attached hydrogens (tertiary/aromatic N) is 1. The van der Waals surface area contributed by atoms with E-state index in [0.717, 1.165) is 12.3 Å². The predicted octanol–water partition coefficient (Wildman–Crippen LogP) is 4.13. The van der Waals surface area contributed by atoms with Gasteiger partial charge in [-0.25, -0.2) is 32.6 Å². The number of phosphoric acid groups is 3. The summed E-state index contributed by atoms with van der Waals surface area (Å²) in [7, 11) is -18.2. The van der Waals surface area contributed by atoms with Gasteiger partial charge < -0.3 is 38.9 Å². The predicted molar refractivity (Wildman–Crippen MR) is 195 cm³/mol. The molecule has 2 heterocycles. The number of carbonyl (C=O) groups is 2. The van der Waals surface area contributed by atoms with Crippen LogP contribution in [0.2, 0.25) is 0 Å². The molecule has 0 bridgehead atoms. The highest BCUT2D eigenvalue weighted by Crippen LogP contribution is 2.74. The van der Waals surface area contributed by atoms with E-state index in [4.69, 9.17) is 18.7 Å². The molecule has 29 heteroatoms. The standard InChI is InChI=1S/C28H34N4O20P4S/c33-22-15-16-32(25(34)31-22)24-28(37,49-27(36)30-19-11-5-2-6-12-19)23(48-26(35)29-18-9-3-1-4-10-18)21(47-24)17-46-53(38,39)50-54(40,41)51-55(42,43)52-56(44,45)57-20-13-7-8-14-20/h1-6,9-12,15-16,20-21,23-24,37H,7-8,13-14,17H2,(H,29,35)(H,30,36)(H,38,39)(H,40,41)(H,42,43)(H,44,45)(H,31,33,34)/t21-,23+,24-,28?/m1/s1. The number of carbonyl (C=O) groups excluding carboxylic acids is 2. The van der Waals surface area contributed by atoms with Crippen molar-refractivity contribution in [3.05, 3.63) is 93.8 Å². The number of aromatic nitrogens is 2. The fourth-order valence-electron chi connectivity index (χ4n) is 5.42. The summed E-state index contributed by atoms with van der Waals surface area (Å²) < 4.78 is 83.9. The van der Waals surface area contributed by atoms with Crippen LogP contribution < -0.4 is 21.9 Å². The number of para-hydroxylation sites is 2. The third-order valence-corrected chi connectivity index (χ3v) is 16.4. The Bertz CT molecular complexity index is 2230. The number of hydrogen-bond acceptors (Lipinski definition) is 17. The van der Waals surface area contributed by atoms with Crippen molar-refractivity contribution in [1.29, 1.82) is 0 Å². The zero-order valence-electron chi connectivity index (χ0n) is 28.8. The molecular weight excluding hydrogens is 868 g/mol. The SMILES string of the molecule is O=C(Nc1ccccc1)O[C@H]1[C@@H](COP(=O)(O)OP(=O)(O)OP(=O)(O)OP(=O)(O)SC2CCCC2)O[C@@H](n2ccc(=O)[nH]c2=O)C1(O)OC(=O)Nc1ccccc1. The van der Waals surface area contributed by atoms with Crippen molar-refractivity contribution in [2.45, 2.75) is 55.2 Å². The van der Waals surface area contributed by atoms with E-state index < -0.39 is 89.8 Å². The Morgan fingerprint density at radius 1 is 0.825 bits per heavy atom. The lowest BCUT2D eigenvalue weighted by Crippen LogP contribution is -2.54. The van der Waals surface area contributed by atoms with Crippen molar-refractivity contribution in [3.8, 4) is 0 Å². The third kappa shape index (κ3) is 12.8. The van der Waals surface area contributed by atoms with Gasteiger partial charge in [-0.15, -0.1) is 0 Å². The van der Waals surface area contributed by atoms with Gasteiger partial charge in [-0.3, -0.25) is 29.5 Å². The smallest absolute Gasteiger partial charge is 0.436 e. The Morgan fingerprint density at radius 3 is 1.95 bits per heavy atom. The van der Waals surface area contributed by atoms with Crippen molar-refractivity contribution in [2.75, 3.05) is 17.2 Å². The van der Waals surface area contributed by atoms with E-state index in [0.29, 0.717) is 41.6 Å². The average molecular weight is 903 g/mol. The van der Waals surface area contributed by atoms with Gasteiger partial charge in [-0.05, 0) is 48.5 Å². The lowest BCUT2D eigenvalue weighted by molar-refractivity contribution is -0.243. The van der Waals surface area contributed by atoms with Gasteiger partial charge in [-0.1, -0.05) is 49.2 Å². The molecule has 57 heavy (non-hydrogen) atoms. The highest BCUT2D eigenvalue weighted by Gasteiger charge is 2.63. The first-order valence-corrected chi connectivity index (χ1v) is 23.7. The van der Waals surface area contributed by atoms with E-state index >= 15 is 0 Å². The van der Waals surface area contributed by atoms with Crippen molar-refractivity contribution in [1.82, 2.24) is 9.55 Å². The highest BCUT2D eigenvalue weighted by molar-refractivity contribution is 8.55. The number of benzene rings is 2. The number of aromatic amines is 1. The first-order chi connectivity index (χ1) is 26.6. The number of anilines is 2. The minimum Gasteiger partial charge on any atom is -0.436 e. The quantitative estimate of drug-likeness (QED) is 0.0739. The Morgan fingerprint density at radius 2 is 1.37 bits per heavy atom. The second kappa shape index (κ2) is 18.2. The normalized spacial score (nSPS) is 25.2. The molecule has 1 saturated heterocycles. The minimum absolute atomic E-state index is 0.128. The second-order valence-electron chi connectivity index (χ2n) is 11.9. The molecule has 1 saturated carbocycles. The molecule has 8 atom stereocenters. The molecular formula is C28H34N4O20P4S. The van der Waals surface area contributed by atoms with Crippen LogP contribution in [0.25, 0.3) is 0 Å². The molecule has 2 aliphatic rings. The fraction of sp³-hybridized carbons (Fsp3) is 0.357. The summed E-state index contributed by atoms with van der Waals surface area (Å²) >= 11 is 0.293. The van der Waals surface area contributed by atoms with E-state index in [2.05, 4.69) is 23.6 Å². The number of nitrogens with one attached hydrogen (secondary N) is 3. The summed E-state index contributed by atoms with van der Waals surface area (Å²) in [6, 6.07) is 15.8. The monoisotopic (exact) mass is 902 g/mol. The summed E-state index contributed by atoms with van der Waals surface area (Å²) in [5, 5.41) is 16.1. The molecule has 24 nitrogen and oxygen atoms in total. The van der Waals surface area contributed by atoms with Crippen molar-refractivity contribution in [2.24, 2.45) is 0 Å². The van der Waals surface area contributed by atoms with Crippen LogP contribution in [0.3, 0.4) is 0 Å². The van der Waals surface area contributed by atoms with Crippen LogP contribution in [0, 0.1) is 0 Å². The number of H-pyrrole nitrogens is 1. The molecule has 1 aliphatic heterocycles. The van der Waals surface area contributed by atoms with Gasteiger partial charge in [0.05, 0.1) is 6.61 Å². The molecule has 5 unspecified atom stereocenters. The first-order valence-electron chi connectivity index (χ1n) is 16.2. The molecule has 2 fully saturated rings. The van der Waals surface area contributed by atoms with Crippen molar-refractivity contribution >= 4 is 65.2 Å². The van der Waals surface area contributed by atoms with E-state index in [1.165, 1.54) is 48.5 Å². The summed E-state index contributed by atoms with van der Waals surface area (Å²) in [5.41, 5.74) is -1.92. The van der Waals surface area contributed by atoms with Crippen LogP contribution in [0.1, 0.15) is 31.9 Å². The van der Waals surface area contributed by atoms with Gasteiger partial charge in [0, 0.05) is 28.9 Å². The molecule has 0 spiro atoms. The first kappa shape index (κ1) is 44.6. The summed E-state index contributed by atoms with van der Waals surface area (Å²) in [6.45, 7) is -6.40. The topological polar surface area (TPSA) is 347 Å². The largest absolute Gasteiger partial charge is 0.490 e. The molecule has 0 radical (unpaired) electrons. The number of aliphatic hydroxyl groups is 1. The number of rotatable bonds is 16. The zero-order valence-corrected chi connectivity index (χ0v) is 33.2. The van der Waals surface area contributed by atoms with Gasteiger partial charge in [0.1, 0.15) is 6.10 Å². The van der Waals surface area contributed by atoms with E-state index in [9.17, 15) is 62.1 Å². The van der Waals surface area contributed by atoms with Crippen LogP contribution in [0.4, 0.5) is 21.0 Å². The van der Waals surface area contributed by atoms with Crippen LogP contribution >= 0.6 is 41.6 Å². The maximum atomic E-state index is 13.1. The second-order valence-corrected chi connectivity index (χ2v) is 20.8. The molecule has 5 rings (SSSR count). The molecule has 2 aromatic carbocycles. The molecule has 1 aliphatic carbocycles. The Labute approximate surface area is 324 Å². The maximum Gasteiger partial charge on any atom is 0.490 e. The molecule has 1 aromatic heterocycles. The maximum absolute atomic E-state index is 13.1. The number of ether oxygens (including phenoxy) is 3. The Balaban J connectivity index is 1.39. The van der Waals surface area contributed by atoms with E-state index in [-0.39, 0.29) is 11.4 Å². The van der Waals surface area contributed by atoms with Crippen molar-refractivity contribution in [3.63, 3.8) is 0 Å². The Hall–Kier alpha value is -3.47. The molecule has 3 aromatic rings. The lowest BCUT2D eigenvalue weighted by Gasteiger charge is -2.32. The van der Waals surface area contributed by atoms with Gasteiger partial charge in [-0.2, -0.15) is 12.9 Å². The molecule has 312 valence electrons. The third-order valence-electron chi connectivity index (χ3n) is 7.64. The van der Waals surface area contributed by atoms with Crippen LogP contribution in [-0.2, 0) is 49.9 Å². The summed E-state index contributed by atoms with van der Waals surface area (Å²) in [5.74, 6) is -3.28. The van der Waals surface area contributed by atoms with Gasteiger partial charge in [0.25, 0.3) is 11.3 Å². The van der Waals surface area contributed by atoms with E-state index in [1.807, 2.05) is 4.98 Å². The van der Waals surface area contributed by atoms with E-state index in [1.54, 1.807) is 12.1 Å². The molecule has 2 amide bonds. The lowest BCUT2D eigenvalue weighted by atomic mass is 10.1. The number of phosphoric ester groups is 1.